The molecule has 2 aromatic rings. The fraction of sp³-hybridized carbons (Fsp3) is 0.278. The minimum atomic E-state index is -0.704. The van der Waals surface area contributed by atoms with E-state index < -0.39 is 10.3 Å². The second kappa shape index (κ2) is 7.21. The van der Waals surface area contributed by atoms with Crippen molar-refractivity contribution in [2.24, 2.45) is 0 Å². The molecule has 2 aromatic carbocycles. The molecule has 6 nitrogen and oxygen atoms in total. The molecule has 3 rings (SSSR count). The molecule has 0 bridgehead atoms. The monoisotopic (exact) mass is 360 g/mol. The van der Waals surface area contributed by atoms with Crippen LogP contribution >= 0.6 is 11.6 Å². The third-order valence-corrected chi connectivity index (χ3v) is 4.83. The van der Waals surface area contributed by atoms with E-state index in [1.165, 1.54) is 18.2 Å². The number of anilines is 1. The zero-order valence-electron chi connectivity index (χ0n) is 13.4. The van der Waals surface area contributed by atoms with Gasteiger partial charge in [-0.15, -0.1) is 0 Å². The summed E-state index contributed by atoms with van der Waals surface area (Å²) in [5.74, 6) is -0.183. The Morgan fingerprint density at radius 1 is 1.16 bits per heavy atom. The Labute approximate surface area is 149 Å². The highest BCUT2D eigenvalue weighted by atomic mass is 35.5. The lowest BCUT2D eigenvalue weighted by Crippen LogP contribution is -2.44. The highest BCUT2D eigenvalue weighted by molar-refractivity contribution is 6.34. The van der Waals surface area contributed by atoms with Crippen LogP contribution in [0.15, 0.2) is 48.5 Å². The summed E-state index contributed by atoms with van der Waals surface area (Å²) in [5.41, 5.74) is 0.463. The van der Waals surface area contributed by atoms with Crippen LogP contribution in [0.3, 0.4) is 0 Å². The van der Waals surface area contributed by atoms with Crippen molar-refractivity contribution in [1.29, 1.82) is 0 Å². The van der Waals surface area contributed by atoms with Crippen molar-refractivity contribution >= 4 is 28.9 Å². The third kappa shape index (κ3) is 3.50. The van der Waals surface area contributed by atoms with E-state index in [-0.39, 0.29) is 16.6 Å². The smallest absolute Gasteiger partial charge is 0.271 e. The van der Waals surface area contributed by atoms with Crippen molar-refractivity contribution in [1.82, 2.24) is 0 Å². The fourth-order valence-corrected chi connectivity index (χ4v) is 3.31. The number of non-ortho nitro benzene ring substituents is 1. The van der Waals surface area contributed by atoms with Crippen LogP contribution in [-0.4, -0.2) is 24.0 Å². The maximum Gasteiger partial charge on any atom is 0.271 e. The third-order valence-electron chi connectivity index (χ3n) is 4.52. The molecule has 0 atom stereocenters. The van der Waals surface area contributed by atoms with Gasteiger partial charge in [-0.2, -0.15) is 0 Å². The maximum atomic E-state index is 13.1. The Morgan fingerprint density at radius 2 is 1.84 bits per heavy atom. The Kier molecular flexibility index (Phi) is 5.01. The first kappa shape index (κ1) is 17.4. The Hall–Kier alpha value is -2.44. The molecule has 25 heavy (non-hydrogen) atoms. The molecule has 1 amide bonds. The lowest BCUT2D eigenvalue weighted by atomic mass is 9.73. The van der Waals surface area contributed by atoms with E-state index >= 15 is 0 Å². The van der Waals surface area contributed by atoms with Crippen LogP contribution < -0.4 is 5.32 Å². The summed E-state index contributed by atoms with van der Waals surface area (Å²) in [7, 11) is 0. The molecular formula is C18H17ClN2O4. The van der Waals surface area contributed by atoms with E-state index in [0.29, 0.717) is 31.7 Å². The van der Waals surface area contributed by atoms with Crippen molar-refractivity contribution in [2.45, 2.75) is 18.3 Å². The molecule has 0 aromatic heterocycles. The highest BCUT2D eigenvalue weighted by Gasteiger charge is 2.41. The van der Waals surface area contributed by atoms with Crippen LogP contribution in [0, 0.1) is 10.1 Å². The standard InChI is InChI=1S/C18H17ClN2O4/c19-15-12-14(21(23)24)6-7-16(15)20-17(22)18(8-10-25-11-9-18)13-4-2-1-3-5-13/h1-7,12H,8-11H2,(H,20,22). The fourth-order valence-electron chi connectivity index (χ4n) is 3.08. The Bertz CT molecular complexity index is 789. The second-order valence-electron chi connectivity index (χ2n) is 5.94. The Balaban J connectivity index is 1.90. The lowest BCUT2D eigenvalue weighted by molar-refractivity contribution is -0.384. The average Bonchev–Trinajstić information content (AvgIpc) is 2.64. The van der Waals surface area contributed by atoms with E-state index in [1.807, 2.05) is 30.3 Å². The number of nitro benzene ring substituents is 1. The van der Waals surface area contributed by atoms with Crippen molar-refractivity contribution in [3.8, 4) is 0 Å². The summed E-state index contributed by atoms with van der Waals surface area (Å²) in [5, 5.41) is 13.8. The van der Waals surface area contributed by atoms with Crippen molar-refractivity contribution in [3.05, 3.63) is 69.2 Å². The number of benzene rings is 2. The number of amides is 1. The molecular weight excluding hydrogens is 344 g/mol. The van der Waals surface area contributed by atoms with Gasteiger partial charge in [-0.1, -0.05) is 41.9 Å². The number of carbonyl (C=O) groups excluding carboxylic acids is 1. The largest absolute Gasteiger partial charge is 0.381 e. The number of rotatable bonds is 4. The van der Waals surface area contributed by atoms with Crippen molar-refractivity contribution in [3.63, 3.8) is 0 Å². The minimum absolute atomic E-state index is 0.119. The topological polar surface area (TPSA) is 81.5 Å². The van der Waals surface area contributed by atoms with Gasteiger partial charge in [-0.05, 0) is 24.5 Å². The van der Waals surface area contributed by atoms with Gasteiger partial charge in [0.2, 0.25) is 5.91 Å². The van der Waals surface area contributed by atoms with Gasteiger partial charge in [0.05, 0.1) is 21.0 Å². The molecule has 1 heterocycles. The summed E-state index contributed by atoms with van der Waals surface area (Å²) < 4.78 is 5.43. The number of carbonyl (C=O) groups is 1. The normalized spacial score (nSPS) is 16.2. The van der Waals surface area contributed by atoms with Gasteiger partial charge in [0.25, 0.3) is 5.69 Å². The van der Waals surface area contributed by atoms with Gasteiger partial charge in [-0.25, -0.2) is 0 Å². The minimum Gasteiger partial charge on any atom is -0.381 e. The van der Waals surface area contributed by atoms with Crippen molar-refractivity contribution in [2.75, 3.05) is 18.5 Å². The molecule has 1 N–H and O–H groups in total. The van der Waals surface area contributed by atoms with E-state index in [0.717, 1.165) is 5.56 Å². The number of hydrogen-bond donors (Lipinski definition) is 1. The van der Waals surface area contributed by atoms with Gasteiger partial charge >= 0.3 is 0 Å². The second-order valence-corrected chi connectivity index (χ2v) is 6.34. The van der Waals surface area contributed by atoms with Crippen LogP contribution in [0.4, 0.5) is 11.4 Å². The number of halogens is 1. The SMILES string of the molecule is O=C(Nc1ccc([N+](=O)[O-])cc1Cl)C1(c2ccccc2)CCOCC1. The molecule has 1 fully saturated rings. The van der Waals surface area contributed by atoms with E-state index in [2.05, 4.69) is 5.32 Å². The lowest BCUT2D eigenvalue weighted by Gasteiger charge is -2.36. The summed E-state index contributed by atoms with van der Waals surface area (Å²) in [6, 6.07) is 13.6. The van der Waals surface area contributed by atoms with Gasteiger partial charge < -0.3 is 10.1 Å². The molecule has 7 heteroatoms. The quantitative estimate of drug-likeness (QED) is 0.661. The number of ether oxygens (including phenoxy) is 1. The van der Waals surface area contributed by atoms with Crippen LogP contribution in [0.1, 0.15) is 18.4 Å². The van der Waals surface area contributed by atoms with E-state index in [1.54, 1.807) is 0 Å². The highest BCUT2D eigenvalue weighted by Crippen LogP contribution is 2.37. The first-order chi connectivity index (χ1) is 12.0. The van der Waals surface area contributed by atoms with Crippen LogP contribution in [0.25, 0.3) is 0 Å². The predicted molar refractivity (Wildman–Crippen MR) is 94.9 cm³/mol. The summed E-state index contributed by atoms with van der Waals surface area (Å²) >= 11 is 6.10. The van der Waals surface area contributed by atoms with E-state index in [9.17, 15) is 14.9 Å². The average molecular weight is 361 g/mol. The van der Waals surface area contributed by atoms with Crippen molar-refractivity contribution < 1.29 is 14.5 Å². The summed E-state index contributed by atoms with van der Waals surface area (Å²) in [6.45, 7) is 0.993. The maximum absolute atomic E-state index is 13.1. The van der Waals surface area contributed by atoms with Gasteiger partial charge in [0.15, 0.2) is 0 Å². The molecule has 0 saturated carbocycles. The number of nitrogens with zero attached hydrogens (tertiary/aromatic N) is 1. The molecule has 0 spiro atoms. The zero-order valence-corrected chi connectivity index (χ0v) is 14.2. The first-order valence-electron chi connectivity index (χ1n) is 7.92. The summed E-state index contributed by atoms with van der Waals surface area (Å²) in [6.07, 6.45) is 1.13. The first-order valence-corrected chi connectivity index (χ1v) is 8.29. The molecule has 0 aliphatic carbocycles. The predicted octanol–water partition coefficient (Wildman–Crippen LogP) is 3.94. The molecule has 1 saturated heterocycles. The van der Waals surface area contributed by atoms with Crippen LogP contribution in [-0.2, 0) is 14.9 Å². The Morgan fingerprint density at radius 3 is 2.44 bits per heavy atom. The van der Waals surface area contributed by atoms with E-state index in [4.69, 9.17) is 16.3 Å². The summed E-state index contributed by atoms with van der Waals surface area (Å²) in [4.78, 5) is 23.4. The van der Waals surface area contributed by atoms with Crippen LogP contribution in [0.2, 0.25) is 5.02 Å². The number of hydrogen-bond acceptors (Lipinski definition) is 4. The number of nitrogens with one attached hydrogen (secondary N) is 1. The zero-order chi connectivity index (χ0) is 17.9. The van der Waals surface area contributed by atoms with Gasteiger partial charge in [-0.3, -0.25) is 14.9 Å². The molecule has 130 valence electrons. The molecule has 1 aliphatic heterocycles. The molecule has 0 unspecified atom stereocenters. The van der Waals surface area contributed by atoms with Gasteiger partial charge in [0, 0.05) is 25.3 Å². The molecule has 0 radical (unpaired) electrons. The molecule has 1 aliphatic rings. The van der Waals surface area contributed by atoms with Gasteiger partial charge in [0.1, 0.15) is 0 Å². The van der Waals surface area contributed by atoms with Crippen LogP contribution in [0.5, 0.6) is 0 Å². The number of nitro groups is 1.